The lowest BCUT2D eigenvalue weighted by Gasteiger charge is -2.33. The molecule has 0 unspecified atom stereocenters. The Balaban J connectivity index is 2.47. The maximum Gasteiger partial charge on any atom is 0.328 e. The number of carboxylic acids is 1. The highest BCUT2D eigenvalue weighted by Gasteiger charge is 2.23. The fraction of sp³-hybridized carbons (Fsp3) is 0.667. The number of hydrogen-bond acceptors (Lipinski definition) is 2. The lowest BCUT2D eigenvalue weighted by molar-refractivity contribution is -0.132. The summed E-state index contributed by atoms with van der Waals surface area (Å²) in [6.45, 7) is 2.22. The van der Waals surface area contributed by atoms with Crippen molar-refractivity contribution in [1.82, 2.24) is 4.90 Å². The van der Waals surface area contributed by atoms with Gasteiger partial charge in [-0.2, -0.15) is 0 Å². The summed E-state index contributed by atoms with van der Waals surface area (Å²) >= 11 is 0. The largest absolute Gasteiger partial charge is 0.478 e. The van der Waals surface area contributed by atoms with Gasteiger partial charge < -0.3 is 10.0 Å². The Morgan fingerprint density at radius 1 is 1.19 bits per heavy atom. The average Bonchev–Trinajstić information content (AvgIpc) is 2.26. The second-order valence-corrected chi connectivity index (χ2v) is 4.53. The van der Waals surface area contributed by atoms with Gasteiger partial charge in [0.1, 0.15) is 0 Å². The van der Waals surface area contributed by atoms with Crippen molar-refractivity contribution in [2.24, 2.45) is 5.92 Å². The van der Waals surface area contributed by atoms with Gasteiger partial charge in [-0.3, -0.25) is 4.79 Å². The van der Waals surface area contributed by atoms with Crippen molar-refractivity contribution in [2.45, 2.75) is 38.6 Å². The summed E-state index contributed by atoms with van der Waals surface area (Å²) in [4.78, 5) is 23.6. The number of aliphatic carboxylic acids is 1. The van der Waals surface area contributed by atoms with E-state index in [2.05, 4.69) is 6.92 Å². The third-order valence-electron chi connectivity index (χ3n) is 3.25. The molecule has 1 fully saturated rings. The molecule has 4 nitrogen and oxygen atoms in total. The van der Waals surface area contributed by atoms with E-state index in [0.29, 0.717) is 0 Å². The van der Waals surface area contributed by atoms with Crippen LogP contribution in [-0.2, 0) is 9.59 Å². The van der Waals surface area contributed by atoms with Crippen LogP contribution in [0.25, 0.3) is 0 Å². The minimum absolute atomic E-state index is 0.220. The van der Waals surface area contributed by atoms with E-state index < -0.39 is 5.97 Å². The molecule has 16 heavy (non-hydrogen) atoms. The van der Waals surface area contributed by atoms with E-state index in [1.807, 2.05) is 0 Å². The summed E-state index contributed by atoms with van der Waals surface area (Å²) < 4.78 is 0. The van der Waals surface area contributed by atoms with Gasteiger partial charge in [0.15, 0.2) is 0 Å². The zero-order valence-corrected chi connectivity index (χ0v) is 9.85. The SMILES string of the molecule is CC1CCC(N(C)C(=O)/C=C/C(=O)O)CC1. The molecule has 0 saturated heterocycles. The van der Waals surface area contributed by atoms with Crippen LogP contribution in [0.15, 0.2) is 12.2 Å². The average molecular weight is 225 g/mol. The summed E-state index contributed by atoms with van der Waals surface area (Å²) in [5.41, 5.74) is 0. The Labute approximate surface area is 95.9 Å². The standard InChI is InChI=1S/C12H19NO3/c1-9-3-5-10(6-4-9)13(2)11(14)7-8-12(15)16/h7-10H,3-6H2,1-2H3,(H,15,16)/b8-7+. The molecule has 0 aromatic heterocycles. The molecule has 0 aliphatic heterocycles. The zero-order valence-electron chi connectivity index (χ0n) is 9.85. The number of rotatable bonds is 3. The number of hydrogen-bond donors (Lipinski definition) is 1. The van der Waals surface area contributed by atoms with Crippen LogP contribution in [0.3, 0.4) is 0 Å². The van der Waals surface area contributed by atoms with Gasteiger partial charge in [0.05, 0.1) is 0 Å². The maximum absolute atomic E-state index is 11.6. The third kappa shape index (κ3) is 3.68. The topological polar surface area (TPSA) is 57.6 Å². The second-order valence-electron chi connectivity index (χ2n) is 4.53. The lowest BCUT2D eigenvalue weighted by atomic mass is 9.87. The number of nitrogens with zero attached hydrogens (tertiary/aromatic N) is 1. The molecule has 0 aromatic rings. The molecule has 1 amide bonds. The van der Waals surface area contributed by atoms with Crippen LogP contribution < -0.4 is 0 Å². The lowest BCUT2D eigenvalue weighted by Crippen LogP contribution is -2.38. The maximum atomic E-state index is 11.6. The van der Waals surface area contributed by atoms with E-state index >= 15 is 0 Å². The van der Waals surface area contributed by atoms with Crippen LogP contribution in [0.1, 0.15) is 32.6 Å². The fourth-order valence-electron chi connectivity index (χ4n) is 2.07. The highest BCUT2D eigenvalue weighted by atomic mass is 16.4. The van der Waals surface area contributed by atoms with Gasteiger partial charge in [0, 0.05) is 25.2 Å². The Kier molecular flexibility index (Phi) is 4.52. The number of carboxylic acid groups (broad SMARTS) is 1. The van der Waals surface area contributed by atoms with Gasteiger partial charge in [0.2, 0.25) is 5.91 Å². The fourth-order valence-corrected chi connectivity index (χ4v) is 2.07. The van der Waals surface area contributed by atoms with Crippen molar-refractivity contribution in [3.05, 3.63) is 12.2 Å². The monoisotopic (exact) mass is 225 g/mol. The van der Waals surface area contributed by atoms with Crippen molar-refractivity contribution < 1.29 is 14.7 Å². The molecule has 1 aliphatic carbocycles. The molecule has 1 N–H and O–H groups in total. The summed E-state index contributed by atoms with van der Waals surface area (Å²) in [5, 5.41) is 8.43. The number of carbonyl (C=O) groups excluding carboxylic acids is 1. The summed E-state index contributed by atoms with van der Waals surface area (Å²) in [5.74, 6) is -0.560. The Morgan fingerprint density at radius 3 is 2.25 bits per heavy atom. The third-order valence-corrected chi connectivity index (χ3v) is 3.25. The predicted octanol–water partition coefficient (Wildman–Crippen LogP) is 1.66. The van der Waals surface area contributed by atoms with Gasteiger partial charge in [-0.15, -0.1) is 0 Å². The van der Waals surface area contributed by atoms with Crippen molar-refractivity contribution in [1.29, 1.82) is 0 Å². The number of likely N-dealkylation sites (N-methyl/N-ethyl adjacent to an activating group) is 1. The van der Waals surface area contributed by atoms with E-state index in [9.17, 15) is 9.59 Å². The minimum atomic E-state index is -1.08. The molecule has 4 heteroatoms. The minimum Gasteiger partial charge on any atom is -0.478 e. The molecule has 1 rings (SSSR count). The van der Waals surface area contributed by atoms with Gasteiger partial charge in [-0.25, -0.2) is 4.79 Å². The van der Waals surface area contributed by atoms with Crippen molar-refractivity contribution in [3.63, 3.8) is 0 Å². The van der Waals surface area contributed by atoms with Gasteiger partial charge >= 0.3 is 5.97 Å². The van der Waals surface area contributed by atoms with E-state index in [1.54, 1.807) is 11.9 Å². The first-order valence-electron chi connectivity index (χ1n) is 5.68. The highest BCUT2D eigenvalue weighted by molar-refractivity contribution is 5.93. The number of carbonyl (C=O) groups is 2. The molecule has 90 valence electrons. The first-order valence-corrected chi connectivity index (χ1v) is 5.68. The number of amides is 1. The second kappa shape index (κ2) is 5.68. The zero-order chi connectivity index (χ0) is 12.1. The molecule has 0 spiro atoms. The molecule has 0 radical (unpaired) electrons. The van der Waals surface area contributed by atoms with Crippen molar-refractivity contribution >= 4 is 11.9 Å². The first-order chi connectivity index (χ1) is 7.50. The van der Waals surface area contributed by atoms with Gasteiger partial charge in [-0.05, 0) is 31.6 Å². The molecule has 0 aromatic carbocycles. The first kappa shape index (κ1) is 12.7. The summed E-state index contributed by atoms with van der Waals surface area (Å²) in [6, 6.07) is 0.266. The van der Waals surface area contributed by atoms with Crippen LogP contribution in [0.4, 0.5) is 0 Å². The van der Waals surface area contributed by atoms with Crippen molar-refractivity contribution in [2.75, 3.05) is 7.05 Å². The van der Waals surface area contributed by atoms with Crippen LogP contribution in [0.5, 0.6) is 0 Å². The summed E-state index contributed by atoms with van der Waals surface area (Å²) in [7, 11) is 1.75. The Morgan fingerprint density at radius 2 is 1.75 bits per heavy atom. The van der Waals surface area contributed by atoms with Crippen LogP contribution in [0.2, 0.25) is 0 Å². The van der Waals surface area contributed by atoms with E-state index in [1.165, 1.54) is 0 Å². The molecule has 1 saturated carbocycles. The predicted molar refractivity (Wildman–Crippen MR) is 61.0 cm³/mol. The quantitative estimate of drug-likeness (QED) is 0.743. The molecule has 0 atom stereocenters. The Hall–Kier alpha value is -1.32. The summed E-state index contributed by atoms with van der Waals surface area (Å²) in [6.07, 6.45) is 6.34. The Bertz CT molecular complexity index is 291. The highest BCUT2D eigenvalue weighted by Crippen LogP contribution is 2.26. The van der Waals surface area contributed by atoms with E-state index in [-0.39, 0.29) is 11.9 Å². The van der Waals surface area contributed by atoms with Gasteiger partial charge in [0.25, 0.3) is 0 Å². The smallest absolute Gasteiger partial charge is 0.328 e. The molecule has 1 aliphatic rings. The normalized spacial score (nSPS) is 25.6. The van der Waals surface area contributed by atoms with Crippen molar-refractivity contribution in [3.8, 4) is 0 Å². The van der Waals surface area contributed by atoms with Gasteiger partial charge in [-0.1, -0.05) is 6.92 Å². The van der Waals surface area contributed by atoms with E-state index in [4.69, 9.17) is 5.11 Å². The van der Waals surface area contributed by atoms with Crippen LogP contribution in [-0.4, -0.2) is 35.0 Å². The van der Waals surface area contributed by atoms with E-state index in [0.717, 1.165) is 43.8 Å². The molecule has 0 heterocycles. The molecule has 0 bridgehead atoms. The molecular formula is C12H19NO3. The van der Waals surface area contributed by atoms with Crippen LogP contribution >= 0.6 is 0 Å². The molecular weight excluding hydrogens is 206 g/mol. The van der Waals surface area contributed by atoms with Crippen LogP contribution in [0, 0.1) is 5.92 Å².